The molecule has 0 aliphatic rings. The summed E-state index contributed by atoms with van der Waals surface area (Å²) in [7, 11) is 3.76. The Balaban J connectivity index is 2.08. The summed E-state index contributed by atoms with van der Waals surface area (Å²) in [4.78, 5) is 11.5. The number of benzene rings is 1. The number of hydrogen-bond acceptors (Lipinski definition) is 5. The van der Waals surface area contributed by atoms with Crippen molar-refractivity contribution in [1.82, 2.24) is 16.0 Å². The number of amides is 1. The minimum absolute atomic E-state index is 0.0992. The van der Waals surface area contributed by atoms with Crippen LogP contribution in [0.15, 0.2) is 24.3 Å². The molecule has 0 aliphatic carbocycles. The molecule has 0 spiro atoms. The minimum Gasteiger partial charge on any atom is -0.384 e. The van der Waals surface area contributed by atoms with Crippen molar-refractivity contribution in [3.8, 4) is 0 Å². The average Bonchev–Trinajstić information content (AvgIpc) is 2.61. The van der Waals surface area contributed by atoms with Gasteiger partial charge in [-0.05, 0) is 29.9 Å². The number of hydrogen-bond donors (Lipinski definition) is 3. The number of thiocarbonyl (C=S) groups is 1. The van der Waals surface area contributed by atoms with E-state index < -0.39 is 7.06 Å². The maximum Gasteiger partial charge on any atom is 0.251 e. The van der Waals surface area contributed by atoms with Crippen LogP contribution in [0.2, 0.25) is 0 Å². The third kappa shape index (κ3) is 9.04. The van der Waals surface area contributed by atoms with E-state index in [-0.39, 0.29) is 5.91 Å². The van der Waals surface area contributed by atoms with Gasteiger partial charge in [-0.2, -0.15) is 0 Å². The minimum atomic E-state index is -1.20. The number of carbonyl (C=O) groups excluding carboxylic acids is 1. The maximum atomic E-state index is 11.5. The van der Waals surface area contributed by atoms with Gasteiger partial charge in [-0.1, -0.05) is 33.7 Å². The Morgan fingerprint density at radius 3 is 2.78 bits per heavy atom. The van der Waals surface area contributed by atoms with E-state index in [4.69, 9.17) is 19.7 Å². The van der Waals surface area contributed by atoms with E-state index in [1.165, 1.54) is 0 Å². The zero-order valence-corrected chi connectivity index (χ0v) is 15.4. The van der Waals surface area contributed by atoms with Crippen molar-refractivity contribution in [2.75, 3.05) is 38.8 Å². The van der Waals surface area contributed by atoms with Crippen molar-refractivity contribution in [2.24, 2.45) is 0 Å². The topological polar surface area (TPSA) is 62.4 Å². The smallest absolute Gasteiger partial charge is 0.251 e. The molecule has 5 nitrogen and oxygen atoms in total. The first-order valence-corrected chi connectivity index (χ1v) is 9.95. The normalized spacial score (nSPS) is 12.7. The number of carbonyl (C=O) groups is 1. The van der Waals surface area contributed by atoms with Crippen LogP contribution in [0.5, 0.6) is 0 Å². The Labute approximate surface area is 153 Å². The van der Waals surface area contributed by atoms with Crippen molar-refractivity contribution < 1.29 is 12.3 Å². The highest BCUT2D eigenvalue weighted by molar-refractivity contribution is 8.76. The van der Waals surface area contributed by atoms with Gasteiger partial charge in [0.25, 0.3) is 5.91 Å². The Kier molecular flexibility index (Phi) is 9.15. The first kappa shape index (κ1) is 16.9. The molecule has 0 saturated carbocycles. The van der Waals surface area contributed by atoms with Crippen LogP contribution in [0.25, 0.3) is 0 Å². The fourth-order valence-corrected chi connectivity index (χ4v) is 3.49. The van der Waals surface area contributed by atoms with Crippen LogP contribution in [0.3, 0.4) is 0 Å². The molecule has 1 aromatic carbocycles. The number of nitrogens with one attached hydrogen (secondary N) is 3. The van der Waals surface area contributed by atoms with Crippen LogP contribution < -0.4 is 16.0 Å². The van der Waals surface area contributed by atoms with E-state index in [0.717, 1.165) is 23.6 Å². The fraction of sp³-hybridized carbons (Fsp3) is 0.467. The van der Waals surface area contributed by atoms with E-state index in [1.807, 2.05) is 12.1 Å². The molecule has 1 atom stereocenters. The van der Waals surface area contributed by atoms with Crippen molar-refractivity contribution in [3.05, 3.63) is 35.4 Å². The van der Waals surface area contributed by atoms with Crippen LogP contribution in [0.1, 0.15) is 18.7 Å². The Morgan fingerprint density at radius 2 is 2.09 bits per heavy atom. The molecule has 1 aromatic rings. The van der Waals surface area contributed by atoms with Gasteiger partial charge in [-0.15, -0.1) is 0 Å². The predicted molar refractivity (Wildman–Crippen MR) is 104 cm³/mol. The summed E-state index contributed by atoms with van der Waals surface area (Å²) >= 11 is 5.22. The molecule has 0 bridgehead atoms. The standard InChI is InChI=1S/C15H23N3O2S3/c1-16-14(19)13-5-3-12(4-6-13)11-18-15(21)17-7-9-22-23-10-8-20-2/h3-6H,7-11H2,1-2H3,(H,16,19)(H2,17,18,21)/i2TD. The van der Waals surface area contributed by atoms with Crippen LogP contribution in [0.4, 0.5) is 0 Å². The largest absolute Gasteiger partial charge is 0.384 e. The van der Waals surface area contributed by atoms with Crippen LogP contribution in [-0.2, 0) is 11.3 Å². The molecule has 0 aliphatic heterocycles. The molecule has 0 radical (unpaired) electrons. The molecule has 1 rings (SSSR count). The van der Waals surface area contributed by atoms with Gasteiger partial charge in [0.2, 0.25) is 0 Å². The predicted octanol–water partition coefficient (Wildman–Crippen LogP) is 2.04. The van der Waals surface area contributed by atoms with Gasteiger partial charge >= 0.3 is 0 Å². The fourth-order valence-electron chi connectivity index (χ4n) is 1.57. The Morgan fingerprint density at radius 1 is 1.35 bits per heavy atom. The maximum absolute atomic E-state index is 11.5. The van der Waals surface area contributed by atoms with E-state index in [2.05, 4.69) is 16.0 Å². The SMILES string of the molecule is [2H]C([3H])OCCSSCCNC(=S)NCc1ccc(C(=O)NC)cc1. The molecule has 0 heterocycles. The quantitative estimate of drug-likeness (QED) is 0.328. The lowest BCUT2D eigenvalue weighted by atomic mass is 10.1. The lowest BCUT2D eigenvalue weighted by molar-refractivity contribution is 0.0963. The van der Waals surface area contributed by atoms with Crippen LogP contribution in [-0.4, -0.2) is 49.8 Å². The number of methoxy groups -OCH3 is 1. The van der Waals surface area contributed by atoms with Crippen LogP contribution >= 0.6 is 33.8 Å². The molecular weight excluding hydrogens is 350 g/mol. The molecule has 3 N–H and O–H groups in total. The lowest BCUT2D eigenvalue weighted by Crippen LogP contribution is -2.35. The second kappa shape index (κ2) is 12.5. The zero-order chi connectivity index (χ0) is 18.5. The highest BCUT2D eigenvalue weighted by Gasteiger charge is 2.02. The molecular formula is C15H23N3O2S3. The van der Waals surface area contributed by atoms with Gasteiger partial charge in [0.05, 0.1) is 9.35 Å². The Hall–Kier alpha value is -0.960. The molecule has 0 aromatic heterocycles. The molecule has 0 fully saturated rings. The Bertz CT molecular complexity index is 533. The highest BCUT2D eigenvalue weighted by atomic mass is 33.1. The van der Waals surface area contributed by atoms with Gasteiger partial charge in [0, 0.05) is 44.3 Å². The second-order valence-corrected chi connectivity index (χ2v) is 7.51. The van der Waals surface area contributed by atoms with Gasteiger partial charge in [-0.3, -0.25) is 4.79 Å². The monoisotopic (exact) mass is 376 g/mol. The third-order valence-corrected chi connectivity index (χ3v) is 5.39. The number of rotatable bonds is 10. The van der Waals surface area contributed by atoms with Gasteiger partial charge in [-0.25, -0.2) is 0 Å². The summed E-state index contributed by atoms with van der Waals surface area (Å²) in [6.45, 7) is 1.77. The third-order valence-electron chi connectivity index (χ3n) is 2.74. The number of ether oxygens (including phenoxy) is 1. The second-order valence-electron chi connectivity index (χ2n) is 4.40. The summed E-state index contributed by atoms with van der Waals surface area (Å²) in [6.07, 6.45) is 0. The average molecular weight is 377 g/mol. The summed E-state index contributed by atoms with van der Waals surface area (Å²) < 4.78 is 18.6. The van der Waals surface area contributed by atoms with E-state index in [0.29, 0.717) is 23.8 Å². The lowest BCUT2D eigenvalue weighted by Gasteiger charge is -2.10. The van der Waals surface area contributed by atoms with E-state index >= 15 is 0 Å². The highest BCUT2D eigenvalue weighted by Crippen LogP contribution is 2.19. The molecule has 0 saturated heterocycles. The first-order valence-electron chi connectivity index (χ1n) is 8.21. The van der Waals surface area contributed by atoms with Crippen molar-refractivity contribution >= 4 is 44.8 Å². The molecule has 8 heteroatoms. The van der Waals surface area contributed by atoms with Gasteiger partial charge in [0.1, 0.15) is 0 Å². The summed E-state index contributed by atoms with van der Waals surface area (Å²) in [5.41, 5.74) is 1.68. The van der Waals surface area contributed by atoms with Crippen molar-refractivity contribution in [2.45, 2.75) is 6.54 Å². The summed E-state index contributed by atoms with van der Waals surface area (Å²) in [5, 5.41) is 9.44. The van der Waals surface area contributed by atoms with E-state index in [1.54, 1.807) is 40.8 Å². The molecule has 1 unspecified atom stereocenters. The molecule has 128 valence electrons. The molecule has 1 amide bonds. The summed E-state index contributed by atoms with van der Waals surface area (Å²) in [5.74, 6) is 1.55. The van der Waals surface area contributed by atoms with Crippen molar-refractivity contribution in [1.29, 1.82) is 0 Å². The summed E-state index contributed by atoms with van der Waals surface area (Å²) in [6, 6.07) is 7.36. The van der Waals surface area contributed by atoms with E-state index in [9.17, 15) is 4.79 Å². The van der Waals surface area contributed by atoms with Gasteiger partial charge < -0.3 is 20.7 Å². The van der Waals surface area contributed by atoms with Gasteiger partial charge in [0.15, 0.2) is 5.11 Å². The zero-order valence-electron chi connectivity index (χ0n) is 15.0. The van der Waals surface area contributed by atoms with Crippen molar-refractivity contribution in [3.63, 3.8) is 0 Å². The molecule has 23 heavy (non-hydrogen) atoms. The first-order chi connectivity index (χ1) is 12.0. The van der Waals surface area contributed by atoms with Crippen LogP contribution in [0, 0.1) is 0 Å².